The second-order valence-electron chi connectivity index (χ2n) is 3.24. The normalized spacial score (nSPS) is 9.92. The molecule has 0 heterocycles. The topological polar surface area (TPSA) is 40.5 Å². The van der Waals surface area contributed by atoms with Gasteiger partial charge in [0.2, 0.25) is 0 Å². The second kappa shape index (κ2) is 3.99. The van der Waals surface area contributed by atoms with Gasteiger partial charge >= 0.3 is 0 Å². The summed E-state index contributed by atoms with van der Waals surface area (Å²) in [6.07, 6.45) is 1.55. The Hall–Kier alpha value is -1.44. The maximum atomic E-state index is 9.43. The van der Waals surface area contributed by atoms with Gasteiger partial charge in [0.05, 0.1) is 0 Å². The van der Waals surface area contributed by atoms with E-state index in [-0.39, 0.29) is 11.5 Å². The van der Waals surface area contributed by atoms with Crippen LogP contribution in [0.4, 0.5) is 0 Å². The zero-order chi connectivity index (χ0) is 9.84. The molecule has 1 rings (SSSR count). The number of rotatable bonds is 3. The molecule has 0 saturated carbocycles. The lowest BCUT2D eigenvalue weighted by atomic mass is 10.1. The predicted octanol–water partition coefficient (Wildman–Crippen LogP) is 2.61. The summed E-state index contributed by atoms with van der Waals surface area (Å²) in [5.41, 5.74) is 1.84. The molecule has 0 saturated heterocycles. The number of phenolic OH excluding ortho intramolecular Hbond substituents is 2. The lowest BCUT2D eigenvalue weighted by molar-refractivity contribution is 0.399. The zero-order valence-electron chi connectivity index (χ0n) is 7.75. The first kappa shape index (κ1) is 9.65. The van der Waals surface area contributed by atoms with Gasteiger partial charge in [-0.3, -0.25) is 0 Å². The Bertz CT molecular complexity index is 316. The summed E-state index contributed by atoms with van der Waals surface area (Å²) in [4.78, 5) is 0. The van der Waals surface area contributed by atoms with Crippen molar-refractivity contribution in [1.29, 1.82) is 0 Å². The molecule has 0 amide bonds. The van der Waals surface area contributed by atoms with Gasteiger partial charge in [-0.15, -0.1) is 6.58 Å². The minimum Gasteiger partial charge on any atom is -0.504 e. The van der Waals surface area contributed by atoms with Crippen molar-refractivity contribution >= 4 is 0 Å². The molecule has 0 atom stereocenters. The van der Waals surface area contributed by atoms with Gasteiger partial charge in [-0.2, -0.15) is 0 Å². The molecule has 1 aromatic carbocycles. The van der Waals surface area contributed by atoms with Gasteiger partial charge in [0, 0.05) is 0 Å². The molecule has 2 N–H and O–H groups in total. The minimum atomic E-state index is -0.0563. The van der Waals surface area contributed by atoms with Crippen LogP contribution in [0.25, 0.3) is 0 Å². The molecule has 0 aromatic heterocycles. The van der Waals surface area contributed by atoms with Crippen LogP contribution in [0, 0.1) is 0 Å². The average Bonchev–Trinajstić information content (AvgIpc) is 2.07. The predicted molar refractivity (Wildman–Crippen MR) is 52.9 cm³/mol. The number of phenols is 2. The van der Waals surface area contributed by atoms with Crippen LogP contribution in [0.15, 0.2) is 30.4 Å². The molecule has 0 aliphatic heterocycles. The number of para-hydroxylation sites is 1. The van der Waals surface area contributed by atoms with Crippen molar-refractivity contribution in [3.05, 3.63) is 35.9 Å². The summed E-state index contributed by atoms with van der Waals surface area (Å²) in [6, 6.07) is 5.00. The van der Waals surface area contributed by atoms with Crippen LogP contribution >= 0.6 is 0 Å². The van der Waals surface area contributed by atoms with E-state index < -0.39 is 0 Å². The summed E-state index contributed by atoms with van der Waals surface area (Å²) < 4.78 is 0. The fourth-order valence-corrected chi connectivity index (χ4v) is 1.13. The van der Waals surface area contributed by atoms with Crippen molar-refractivity contribution in [2.75, 3.05) is 0 Å². The molecule has 0 bridgehead atoms. The van der Waals surface area contributed by atoms with E-state index >= 15 is 0 Å². The minimum absolute atomic E-state index is 0.0104. The van der Waals surface area contributed by atoms with Crippen molar-refractivity contribution in [3.8, 4) is 11.5 Å². The number of benzene rings is 1. The highest BCUT2D eigenvalue weighted by Gasteiger charge is 2.04. The van der Waals surface area contributed by atoms with E-state index in [1.165, 1.54) is 6.07 Å². The Balaban J connectivity index is 2.77. The molecule has 1 aromatic rings. The molecule has 2 nitrogen and oxygen atoms in total. The Morgan fingerprint density at radius 2 is 2.08 bits per heavy atom. The van der Waals surface area contributed by atoms with Crippen molar-refractivity contribution in [2.45, 2.75) is 19.8 Å². The van der Waals surface area contributed by atoms with Gasteiger partial charge < -0.3 is 10.2 Å². The molecule has 70 valence electrons. The van der Waals surface area contributed by atoms with E-state index in [9.17, 15) is 10.2 Å². The molecule has 0 fully saturated rings. The third kappa shape index (κ3) is 2.51. The molecule has 0 radical (unpaired) electrons. The Labute approximate surface area is 78.2 Å². The van der Waals surface area contributed by atoms with E-state index in [0.29, 0.717) is 0 Å². The first-order valence-corrected chi connectivity index (χ1v) is 4.25. The standard InChI is InChI=1S/C11H14O2/c1-8(2)6-7-9-4-3-5-10(12)11(9)13/h3-5,12-13H,1,6-7H2,2H3. The van der Waals surface area contributed by atoms with Gasteiger partial charge in [-0.25, -0.2) is 0 Å². The lowest BCUT2D eigenvalue weighted by Crippen LogP contribution is -1.86. The first-order chi connectivity index (χ1) is 6.11. The van der Waals surface area contributed by atoms with Crippen LogP contribution in [-0.4, -0.2) is 10.2 Å². The van der Waals surface area contributed by atoms with Gasteiger partial charge in [0.15, 0.2) is 11.5 Å². The van der Waals surface area contributed by atoms with Crippen LogP contribution < -0.4 is 0 Å². The monoisotopic (exact) mass is 178 g/mol. The Kier molecular flexibility index (Phi) is 2.96. The molecule has 0 aliphatic carbocycles. The fraction of sp³-hybridized carbons (Fsp3) is 0.273. The van der Waals surface area contributed by atoms with E-state index in [1.54, 1.807) is 12.1 Å². The van der Waals surface area contributed by atoms with Gasteiger partial charge in [0.1, 0.15) is 0 Å². The highest BCUT2D eigenvalue weighted by atomic mass is 16.3. The van der Waals surface area contributed by atoms with Crippen molar-refractivity contribution < 1.29 is 10.2 Å². The number of hydrogen-bond acceptors (Lipinski definition) is 2. The van der Waals surface area contributed by atoms with Crippen molar-refractivity contribution in [2.24, 2.45) is 0 Å². The third-order valence-electron chi connectivity index (χ3n) is 1.92. The van der Waals surface area contributed by atoms with Crippen LogP contribution in [0.2, 0.25) is 0 Å². The number of allylic oxidation sites excluding steroid dienone is 1. The Morgan fingerprint density at radius 3 is 2.69 bits per heavy atom. The molecule has 0 spiro atoms. The quantitative estimate of drug-likeness (QED) is 0.551. The van der Waals surface area contributed by atoms with E-state index in [0.717, 1.165) is 24.0 Å². The average molecular weight is 178 g/mol. The maximum Gasteiger partial charge on any atom is 0.160 e. The summed E-state index contributed by atoms with van der Waals surface area (Å²) in [5.74, 6) is -0.0667. The second-order valence-corrected chi connectivity index (χ2v) is 3.24. The van der Waals surface area contributed by atoms with E-state index in [1.807, 2.05) is 6.92 Å². The summed E-state index contributed by atoms with van der Waals surface area (Å²) in [6.45, 7) is 5.72. The van der Waals surface area contributed by atoms with Gasteiger partial charge in [0.25, 0.3) is 0 Å². The molecule has 0 unspecified atom stereocenters. The molecular weight excluding hydrogens is 164 g/mol. The maximum absolute atomic E-state index is 9.43. The SMILES string of the molecule is C=C(C)CCc1cccc(O)c1O. The van der Waals surface area contributed by atoms with Crippen molar-refractivity contribution in [3.63, 3.8) is 0 Å². The zero-order valence-corrected chi connectivity index (χ0v) is 7.75. The highest BCUT2D eigenvalue weighted by molar-refractivity contribution is 5.44. The van der Waals surface area contributed by atoms with E-state index in [2.05, 4.69) is 6.58 Å². The number of hydrogen-bond donors (Lipinski definition) is 2. The molecule has 2 heteroatoms. The lowest BCUT2D eigenvalue weighted by Gasteiger charge is -2.05. The van der Waals surface area contributed by atoms with Crippen LogP contribution in [0.1, 0.15) is 18.9 Å². The molecule has 13 heavy (non-hydrogen) atoms. The Morgan fingerprint density at radius 1 is 1.38 bits per heavy atom. The van der Waals surface area contributed by atoms with Crippen LogP contribution in [0.5, 0.6) is 11.5 Å². The summed E-state index contributed by atoms with van der Waals surface area (Å²) in [7, 11) is 0. The molecular formula is C11H14O2. The van der Waals surface area contributed by atoms with Gasteiger partial charge in [-0.05, 0) is 31.4 Å². The smallest absolute Gasteiger partial charge is 0.160 e. The van der Waals surface area contributed by atoms with Crippen molar-refractivity contribution in [1.82, 2.24) is 0 Å². The fourth-order valence-electron chi connectivity index (χ4n) is 1.13. The summed E-state index contributed by atoms with van der Waals surface area (Å²) in [5, 5.41) is 18.6. The third-order valence-corrected chi connectivity index (χ3v) is 1.92. The number of aromatic hydroxyl groups is 2. The van der Waals surface area contributed by atoms with Gasteiger partial charge in [-0.1, -0.05) is 17.7 Å². The highest BCUT2D eigenvalue weighted by Crippen LogP contribution is 2.29. The van der Waals surface area contributed by atoms with Crippen LogP contribution in [-0.2, 0) is 6.42 Å². The van der Waals surface area contributed by atoms with Crippen LogP contribution in [0.3, 0.4) is 0 Å². The largest absolute Gasteiger partial charge is 0.504 e. The van der Waals surface area contributed by atoms with E-state index in [4.69, 9.17) is 0 Å². The summed E-state index contributed by atoms with van der Waals surface area (Å²) >= 11 is 0. The molecule has 0 aliphatic rings. The first-order valence-electron chi connectivity index (χ1n) is 4.25. The number of aryl methyl sites for hydroxylation is 1.